The molecular formula is C17H11F4NO2. The van der Waals surface area contributed by atoms with Crippen molar-refractivity contribution >= 4 is 16.9 Å². The molecule has 0 amide bonds. The summed E-state index contributed by atoms with van der Waals surface area (Å²) in [5, 5.41) is 9.42. The zero-order valence-corrected chi connectivity index (χ0v) is 12.1. The van der Waals surface area contributed by atoms with Gasteiger partial charge < -0.3 is 10.1 Å². The minimum atomic E-state index is -4.51. The van der Waals surface area contributed by atoms with E-state index in [1.165, 1.54) is 30.3 Å². The summed E-state index contributed by atoms with van der Waals surface area (Å²) in [6.07, 6.45) is -4.95. The average molecular weight is 337 g/mol. The smallest absolute Gasteiger partial charge is 0.416 e. The minimum Gasteiger partial charge on any atom is -0.481 e. The van der Waals surface area contributed by atoms with Crippen LogP contribution in [-0.4, -0.2) is 16.1 Å². The monoisotopic (exact) mass is 337 g/mol. The largest absolute Gasteiger partial charge is 0.481 e. The second-order valence-corrected chi connectivity index (χ2v) is 5.32. The van der Waals surface area contributed by atoms with Crippen molar-refractivity contribution in [1.82, 2.24) is 4.98 Å². The molecule has 0 aliphatic heterocycles. The van der Waals surface area contributed by atoms with Gasteiger partial charge in [-0.2, -0.15) is 13.2 Å². The number of carboxylic acids is 1. The van der Waals surface area contributed by atoms with Crippen LogP contribution in [0.1, 0.15) is 11.1 Å². The third kappa shape index (κ3) is 2.97. The Labute approximate surface area is 133 Å². The first kappa shape index (κ1) is 16.0. The van der Waals surface area contributed by atoms with E-state index in [2.05, 4.69) is 4.98 Å². The maximum atomic E-state index is 13.5. The molecule has 7 heteroatoms. The Hall–Kier alpha value is -2.83. The number of aromatic nitrogens is 1. The van der Waals surface area contributed by atoms with Gasteiger partial charge in [0.15, 0.2) is 0 Å². The number of rotatable bonds is 3. The molecule has 0 saturated heterocycles. The fourth-order valence-electron chi connectivity index (χ4n) is 2.65. The Morgan fingerprint density at radius 2 is 1.88 bits per heavy atom. The normalized spacial score (nSPS) is 11.8. The van der Waals surface area contributed by atoms with E-state index in [0.29, 0.717) is 10.9 Å². The molecule has 0 unspecified atom stereocenters. The molecule has 3 aromatic rings. The highest BCUT2D eigenvalue weighted by Gasteiger charge is 2.30. The Morgan fingerprint density at radius 3 is 2.54 bits per heavy atom. The predicted octanol–water partition coefficient (Wildman–Crippen LogP) is 4.62. The van der Waals surface area contributed by atoms with Crippen molar-refractivity contribution < 1.29 is 27.5 Å². The van der Waals surface area contributed by atoms with Gasteiger partial charge in [0, 0.05) is 10.9 Å². The number of benzene rings is 2. The molecule has 3 nitrogen and oxygen atoms in total. The van der Waals surface area contributed by atoms with Crippen LogP contribution in [0.15, 0.2) is 42.5 Å². The van der Waals surface area contributed by atoms with Crippen molar-refractivity contribution in [2.45, 2.75) is 12.6 Å². The number of fused-ring (bicyclic) bond motifs is 1. The molecule has 24 heavy (non-hydrogen) atoms. The van der Waals surface area contributed by atoms with Crippen molar-refractivity contribution in [1.29, 1.82) is 0 Å². The predicted molar refractivity (Wildman–Crippen MR) is 80.0 cm³/mol. The lowest BCUT2D eigenvalue weighted by molar-refractivity contribution is -0.138. The number of halogens is 4. The van der Waals surface area contributed by atoms with Crippen LogP contribution in [0, 0.1) is 5.82 Å². The van der Waals surface area contributed by atoms with Crippen molar-refractivity contribution in [3.63, 3.8) is 0 Å². The topological polar surface area (TPSA) is 53.1 Å². The van der Waals surface area contributed by atoms with E-state index < -0.39 is 29.9 Å². The van der Waals surface area contributed by atoms with Crippen LogP contribution in [0.2, 0.25) is 0 Å². The molecule has 0 saturated carbocycles. The second kappa shape index (κ2) is 5.67. The molecule has 0 atom stereocenters. The molecule has 0 radical (unpaired) electrons. The van der Waals surface area contributed by atoms with Crippen molar-refractivity contribution in [2.24, 2.45) is 0 Å². The maximum Gasteiger partial charge on any atom is 0.416 e. The summed E-state index contributed by atoms with van der Waals surface area (Å²) in [6.45, 7) is 0. The van der Waals surface area contributed by atoms with E-state index >= 15 is 0 Å². The van der Waals surface area contributed by atoms with Gasteiger partial charge in [0.05, 0.1) is 17.7 Å². The van der Waals surface area contributed by atoms with Gasteiger partial charge in [0.25, 0.3) is 0 Å². The first-order chi connectivity index (χ1) is 11.3. The fourth-order valence-corrected chi connectivity index (χ4v) is 2.65. The van der Waals surface area contributed by atoms with E-state index in [9.17, 15) is 22.4 Å². The highest BCUT2D eigenvalue weighted by Crippen LogP contribution is 2.35. The van der Waals surface area contributed by atoms with Crippen molar-refractivity contribution in [3.05, 3.63) is 59.4 Å². The SMILES string of the molecule is O=C(O)Cc1c(-c2cccc(C(F)(F)F)c2)[nH]c2ccc(F)cc12. The van der Waals surface area contributed by atoms with Gasteiger partial charge in [-0.15, -0.1) is 0 Å². The summed E-state index contributed by atoms with van der Waals surface area (Å²) in [6, 6.07) is 8.35. The van der Waals surface area contributed by atoms with Crippen molar-refractivity contribution in [2.75, 3.05) is 0 Å². The van der Waals surface area contributed by atoms with Crippen LogP contribution in [0.4, 0.5) is 17.6 Å². The number of aromatic amines is 1. The Kier molecular flexibility index (Phi) is 3.79. The molecule has 0 aliphatic carbocycles. The average Bonchev–Trinajstić information content (AvgIpc) is 2.84. The zero-order chi connectivity index (χ0) is 17.5. The molecule has 0 aliphatic rings. The molecule has 124 valence electrons. The molecule has 0 spiro atoms. The van der Waals surface area contributed by atoms with Gasteiger partial charge in [-0.1, -0.05) is 12.1 Å². The lowest BCUT2D eigenvalue weighted by Gasteiger charge is -2.09. The Morgan fingerprint density at radius 1 is 1.12 bits per heavy atom. The van der Waals surface area contributed by atoms with Gasteiger partial charge in [0.1, 0.15) is 5.82 Å². The van der Waals surface area contributed by atoms with Gasteiger partial charge in [0.2, 0.25) is 0 Å². The molecule has 3 rings (SSSR count). The summed E-state index contributed by atoms with van der Waals surface area (Å²) in [5.74, 6) is -1.71. The van der Waals surface area contributed by atoms with Crippen LogP contribution in [0.3, 0.4) is 0 Å². The highest BCUT2D eigenvalue weighted by molar-refractivity contribution is 5.94. The van der Waals surface area contributed by atoms with E-state index in [1.54, 1.807) is 0 Å². The van der Waals surface area contributed by atoms with Crippen LogP contribution < -0.4 is 0 Å². The zero-order valence-electron chi connectivity index (χ0n) is 12.1. The number of carboxylic acid groups (broad SMARTS) is 1. The van der Waals surface area contributed by atoms with Crippen LogP contribution >= 0.6 is 0 Å². The Bertz CT molecular complexity index is 928. The lowest BCUT2D eigenvalue weighted by Crippen LogP contribution is -2.05. The molecule has 1 aromatic heterocycles. The van der Waals surface area contributed by atoms with Gasteiger partial charge in [-0.05, 0) is 41.5 Å². The summed E-state index contributed by atoms with van der Waals surface area (Å²) in [5.41, 5.74) is 0.296. The molecule has 2 N–H and O–H groups in total. The van der Waals surface area contributed by atoms with E-state index in [4.69, 9.17) is 5.11 Å². The van der Waals surface area contributed by atoms with Crippen LogP contribution in [0.25, 0.3) is 22.2 Å². The van der Waals surface area contributed by atoms with E-state index in [0.717, 1.165) is 12.1 Å². The quantitative estimate of drug-likeness (QED) is 0.685. The fraction of sp³-hybridized carbons (Fsp3) is 0.118. The number of nitrogens with one attached hydrogen (secondary N) is 1. The van der Waals surface area contributed by atoms with Gasteiger partial charge in [-0.3, -0.25) is 4.79 Å². The number of aliphatic carboxylic acids is 1. The number of hydrogen-bond donors (Lipinski definition) is 2. The molecule has 1 heterocycles. The maximum absolute atomic E-state index is 13.5. The minimum absolute atomic E-state index is 0.192. The van der Waals surface area contributed by atoms with Crippen LogP contribution in [0.5, 0.6) is 0 Å². The first-order valence-electron chi connectivity index (χ1n) is 6.95. The molecule has 0 fully saturated rings. The number of H-pyrrole nitrogens is 1. The Balaban J connectivity index is 2.24. The summed E-state index contributed by atoms with van der Waals surface area (Å²) in [7, 11) is 0. The highest BCUT2D eigenvalue weighted by atomic mass is 19.4. The van der Waals surface area contributed by atoms with Gasteiger partial charge in [-0.25, -0.2) is 4.39 Å². The number of alkyl halides is 3. The molecule has 0 bridgehead atoms. The molecular weight excluding hydrogens is 326 g/mol. The third-order valence-corrected chi connectivity index (χ3v) is 3.67. The third-order valence-electron chi connectivity index (χ3n) is 3.67. The second-order valence-electron chi connectivity index (χ2n) is 5.32. The summed E-state index contributed by atoms with van der Waals surface area (Å²) < 4.78 is 52.2. The lowest BCUT2D eigenvalue weighted by atomic mass is 10.0. The van der Waals surface area contributed by atoms with E-state index in [1.807, 2.05) is 0 Å². The summed E-state index contributed by atoms with van der Waals surface area (Å²) >= 11 is 0. The number of hydrogen-bond acceptors (Lipinski definition) is 1. The summed E-state index contributed by atoms with van der Waals surface area (Å²) in [4.78, 5) is 14.0. The standard InChI is InChI=1S/C17H11F4NO2/c18-11-4-5-14-12(7-11)13(8-15(23)24)16(22-14)9-2-1-3-10(6-9)17(19,20)21/h1-7,22H,8H2,(H,23,24). The number of carbonyl (C=O) groups is 1. The first-order valence-corrected chi connectivity index (χ1v) is 6.95. The van der Waals surface area contributed by atoms with Gasteiger partial charge >= 0.3 is 12.1 Å². The van der Waals surface area contributed by atoms with Crippen molar-refractivity contribution in [3.8, 4) is 11.3 Å². The van der Waals surface area contributed by atoms with E-state index in [-0.39, 0.29) is 16.8 Å². The molecule has 2 aromatic carbocycles. The van der Waals surface area contributed by atoms with Crippen LogP contribution in [-0.2, 0) is 17.4 Å².